The number of amides is 1. The van der Waals surface area contributed by atoms with Gasteiger partial charge >= 0.3 is 0 Å². The molecule has 1 unspecified atom stereocenters. The molecule has 30 heavy (non-hydrogen) atoms. The normalized spacial score (nSPS) is 26.3. The third-order valence-corrected chi connectivity index (χ3v) is 7.31. The molecule has 2 aromatic rings. The van der Waals surface area contributed by atoms with E-state index in [1.165, 1.54) is 38.1 Å². The van der Waals surface area contributed by atoms with Crippen molar-refractivity contribution in [1.29, 1.82) is 0 Å². The fourth-order valence-electron chi connectivity index (χ4n) is 5.18. The second kappa shape index (κ2) is 8.14. The third kappa shape index (κ3) is 4.44. The molecule has 1 atom stereocenters. The monoisotopic (exact) mass is 408 g/mol. The van der Waals surface area contributed by atoms with Gasteiger partial charge in [0.2, 0.25) is 5.91 Å². The number of hydrogen-bond donors (Lipinski definition) is 1. The summed E-state index contributed by atoms with van der Waals surface area (Å²) >= 11 is 0. The van der Waals surface area contributed by atoms with Crippen molar-refractivity contribution < 1.29 is 9.18 Å². The lowest BCUT2D eigenvalue weighted by atomic mass is 9.77. The zero-order valence-electron chi connectivity index (χ0n) is 18.4. The summed E-state index contributed by atoms with van der Waals surface area (Å²) in [7, 11) is 0. The number of benzene rings is 2. The Morgan fingerprint density at radius 1 is 1.03 bits per heavy atom. The third-order valence-electron chi connectivity index (χ3n) is 7.31. The minimum absolute atomic E-state index is 0.0924. The van der Waals surface area contributed by atoms with Crippen LogP contribution in [-0.2, 0) is 10.2 Å². The Kier molecular flexibility index (Phi) is 5.71. The van der Waals surface area contributed by atoms with Gasteiger partial charge in [0.25, 0.3) is 0 Å². The van der Waals surface area contributed by atoms with Crippen molar-refractivity contribution in [2.75, 3.05) is 19.6 Å². The number of piperidine rings is 1. The maximum absolute atomic E-state index is 13.2. The second-order valence-electron chi connectivity index (χ2n) is 9.98. The van der Waals surface area contributed by atoms with Crippen molar-refractivity contribution in [1.82, 2.24) is 10.2 Å². The first kappa shape index (κ1) is 21.0. The van der Waals surface area contributed by atoms with Crippen LogP contribution in [0.5, 0.6) is 0 Å². The lowest BCUT2D eigenvalue weighted by Crippen LogP contribution is -2.52. The number of hydrogen-bond acceptors (Lipinski definition) is 2. The highest BCUT2D eigenvalue weighted by molar-refractivity contribution is 5.78. The van der Waals surface area contributed by atoms with Gasteiger partial charge in [-0.2, -0.15) is 0 Å². The molecule has 160 valence electrons. The average molecular weight is 409 g/mol. The zero-order chi connectivity index (χ0) is 21.4. The first-order valence-corrected chi connectivity index (χ1v) is 11.2. The molecule has 0 aromatic heterocycles. The Balaban J connectivity index is 1.43. The molecule has 0 aliphatic carbocycles. The molecular formula is C26H33FN2O. The van der Waals surface area contributed by atoms with E-state index in [-0.39, 0.29) is 22.7 Å². The Labute approximate surface area is 179 Å². The highest BCUT2D eigenvalue weighted by atomic mass is 19.1. The molecule has 0 spiro atoms. The molecular weight excluding hydrogens is 375 g/mol. The number of fused-ring (bicyclic) bond motifs is 4. The van der Waals surface area contributed by atoms with Crippen LogP contribution in [0, 0.1) is 11.7 Å². The van der Waals surface area contributed by atoms with Gasteiger partial charge in [-0.1, -0.05) is 50.2 Å². The van der Waals surface area contributed by atoms with Gasteiger partial charge in [-0.3, -0.25) is 4.79 Å². The molecule has 2 bridgehead atoms. The van der Waals surface area contributed by atoms with E-state index < -0.39 is 0 Å². The van der Waals surface area contributed by atoms with Crippen molar-refractivity contribution in [3.05, 3.63) is 59.9 Å². The summed E-state index contributed by atoms with van der Waals surface area (Å²) in [5.41, 5.74) is 2.83. The van der Waals surface area contributed by atoms with Gasteiger partial charge in [0.1, 0.15) is 5.82 Å². The van der Waals surface area contributed by atoms with Crippen LogP contribution >= 0.6 is 0 Å². The molecule has 3 saturated heterocycles. The lowest BCUT2D eigenvalue weighted by Gasteiger charge is -2.38. The summed E-state index contributed by atoms with van der Waals surface area (Å²) in [6.45, 7) is 9.93. The van der Waals surface area contributed by atoms with E-state index in [0.29, 0.717) is 12.3 Å². The van der Waals surface area contributed by atoms with Gasteiger partial charge in [0.15, 0.2) is 0 Å². The standard InChI is InChI=1S/C26H33FN2O/c1-25(2,21-8-4-19(5-9-21)20-6-10-23(27)11-7-20)18-24(30)28-26(3)14-17-29-15-12-22(26)13-16-29/h4-11,22H,12-18H2,1-3H3,(H,28,30). The van der Waals surface area contributed by atoms with Gasteiger partial charge in [0.05, 0.1) is 0 Å². The minimum Gasteiger partial charge on any atom is -0.351 e. The van der Waals surface area contributed by atoms with Crippen LogP contribution < -0.4 is 5.32 Å². The van der Waals surface area contributed by atoms with E-state index in [0.717, 1.165) is 29.7 Å². The predicted octanol–water partition coefficient (Wildman–Crippen LogP) is 5.15. The molecule has 3 nitrogen and oxygen atoms in total. The van der Waals surface area contributed by atoms with E-state index in [1.807, 2.05) is 0 Å². The molecule has 0 saturated carbocycles. The van der Waals surface area contributed by atoms with Gasteiger partial charge in [0, 0.05) is 18.5 Å². The number of nitrogens with one attached hydrogen (secondary N) is 1. The predicted molar refractivity (Wildman–Crippen MR) is 120 cm³/mol. The highest BCUT2D eigenvalue weighted by Gasteiger charge is 2.41. The average Bonchev–Trinajstić information content (AvgIpc) is 2.97. The van der Waals surface area contributed by atoms with Crippen molar-refractivity contribution in [3.63, 3.8) is 0 Å². The largest absolute Gasteiger partial charge is 0.351 e. The molecule has 2 aromatic carbocycles. The molecule has 4 heteroatoms. The molecule has 0 radical (unpaired) electrons. The summed E-state index contributed by atoms with van der Waals surface area (Å²) in [4.78, 5) is 15.6. The van der Waals surface area contributed by atoms with Crippen molar-refractivity contribution in [2.24, 2.45) is 5.92 Å². The van der Waals surface area contributed by atoms with Crippen molar-refractivity contribution in [2.45, 2.75) is 57.4 Å². The van der Waals surface area contributed by atoms with Crippen molar-refractivity contribution >= 4 is 5.91 Å². The van der Waals surface area contributed by atoms with Gasteiger partial charge < -0.3 is 10.2 Å². The summed E-state index contributed by atoms with van der Waals surface area (Å²) < 4.78 is 13.2. The minimum atomic E-state index is -0.256. The summed E-state index contributed by atoms with van der Waals surface area (Å²) in [5, 5.41) is 3.43. The summed E-state index contributed by atoms with van der Waals surface area (Å²) in [6, 6.07) is 14.8. The number of rotatable bonds is 5. The first-order chi connectivity index (χ1) is 14.2. The van der Waals surface area contributed by atoms with Crippen LogP contribution in [0.25, 0.3) is 11.1 Å². The number of halogens is 1. The quantitative estimate of drug-likeness (QED) is 0.742. The van der Waals surface area contributed by atoms with Crippen LogP contribution in [-0.4, -0.2) is 36.0 Å². The van der Waals surface area contributed by atoms with Crippen molar-refractivity contribution in [3.8, 4) is 11.1 Å². The Morgan fingerprint density at radius 3 is 2.20 bits per heavy atom. The van der Waals surface area contributed by atoms with Gasteiger partial charge in [-0.25, -0.2) is 4.39 Å². The van der Waals surface area contributed by atoms with Crippen LogP contribution in [0.4, 0.5) is 4.39 Å². The maximum Gasteiger partial charge on any atom is 0.221 e. The number of carbonyl (C=O) groups excluding carboxylic acids is 1. The molecule has 3 fully saturated rings. The first-order valence-electron chi connectivity index (χ1n) is 11.2. The van der Waals surface area contributed by atoms with Crippen LogP contribution in [0.1, 0.15) is 52.0 Å². The van der Waals surface area contributed by atoms with E-state index in [4.69, 9.17) is 0 Å². The van der Waals surface area contributed by atoms with Gasteiger partial charge in [-0.15, -0.1) is 0 Å². The Hall–Kier alpha value is -2.20. The molecule has 3 heterocycles. The second-order valence-corrected chi connectivity index (χ2v) is 9.98. The molecule has 5 rings (SSSR count). The highest BCUT2D eigenvalue weighted by Crippen LogP contribution is 2.36. The Bertz CT molecular complexity index is 882. The fourth-order valence-corrected chi connectivity index (χ4v) is 5.18. The molecule has 1 amide bonds. The number of nitrogens with zero attached hydrogens (tertiary/aromatic N) is 1. The zero-order valence-corrected chi connectivity index (χ0v) is 18.4. The van der Waals surface area contributed by atoms with Gasteiger partial charge in [-0.05, 0) is 79.4 Å². The fraction of sp³-hybridized carbons (Fsp3) is 0.500. The van der Waals surface area contributed by atoms with E-state index in [1.54, 1.807) is 12.1 Å². The molecule has 3 aliphatic rings. The molecule has 1 N–H and O–H groups in total. The SMILES string of the molecule is CC(C)(CC(=O)NC1(C)CCN2CCC1CC2)c1ccc(-c2ccc(F)cc2)cc1. The van der Waals surface area contributed by atoms with Crippen LogP contribution in [0.2, 0.25) is 0 Å². The summed E-state index contributed by atoms with van der Waals surface area (Å²) in [5.74, 6) is 0.499. The molecule has 3 aliphatic heterocycles. The van der Waals surface area contributed by atoms with Crippen LogP contribution in [0.3, 0.4) is 0 Å². The smallest absolute Gasteiger partial charge is 0.221 e. The van der Waals surface area contributed by atoms with Crippen LogP contribution in [0.15, 0.2) is 48.5 Å². The summed E-state index contributed by atoms with van der Waals surface area (Å²) in [6.07, 6.45) is 3.88. The van der Waals surface area contributed by atoms with E-state index >= 15 is 0 Å². The van der Waals surface area contributed by atoms with E-state index in [9.17, 15) is 9.18 Å². The lowest BCUT2D eigenvalue weighted by molar-refractivity contribution is -0.124. The maximum atomic E-state index is 13.2. The topological polar surface area (TPSA) is 32.3 Å². The number of carbonyl (C=O) groups is 1. The Morgan fingerprint density at radius 2 is 1.60 bits per heavy atom. The van der Waals surface area contributed by atoms with E-state index in [2.05, 4.69) is 55.3 Å².